The van der Waals surface area contributed by atoms with Crippen molar-refractivity contribution in [3.63, 3.8) is 0 Å². The predicted molar refractivity (Wildman–Crippen MR) is 104 cm³/mol. The fourth-order valence-corrected chi connectivity index (χ4v) is 4.03. The SMILES string of the molecule is [2H]C([2H])([2H])O[C@H]1CC[C@H](Nc2ncc(C(N)=O)c(NC3CCC[C@](C)(O)C3)n2)CC1. The molecule has 0 aromatic carbocycles. The molecule has 1 aromatic heterocycles. The number of carbonyl (C=O) groups excluding carboxylic acids is 1. The highest BCUT2D eigenvalue weighted by Crippen LogP contribution is 2.30. The molecule has 0 bridgehead atoms. The molecule has 150 valence electrons. The zero-order chi connectivity index (χ0) is 21.9. The molecule has 2 aliphatic rings. The normalized spacial score (nSPS) is 33.4. The molecule has 2 atom stereocenters. The molecule has 27 heavy (non-hydrogen) atoms. The van der Waals surface area contributed by atoms with Gasteiger partial charge in [0.05, 0.1) is 21.4 Å². The van der Waals surface area contributed by atoms with Crippen molar-refractivity contribution in [1.82, 2.24) is 9.97 Å². The molecule has 1 heterocycles. The van der Waals surface area contributed by atoms with Gasteiger partial charge in [-0.2, -0.15) is 4.98 Å². The first-order valence-corrected chi connectivity index (χ1v) is 9.61. The summed E-state index contributed by atoms with van der Waals surface area (Å²) in [6.07, 6.45) is 6.93. The maximum absolute atomic E-state index is 11.8. The molecule has 2 fully saturated rings. The van der Waals surface area contributed by atoms with Gasteiger partial charge in [-0.25, -0.2) is 4.98 Å². The summed E-state index contributed by atoms with van der Waals surface area (Å²) in [7, 11) is -2.37. The van der Waals surface area contributed by atoms with Gasteiger partial charge < -0.3 is 26.2 Å². The maximum Gasteiger partial charge on any atom is 0.254 e. The lowest BCUT2D eigenvalue weighted by Gasteiger charge is -2.34. The van der Waals surface area contributed by atoms with Gasteiger partial charge >= 0.3 is 0 Å². The number of hydrogen-bond acceptors (Lipinski definition) is 7. The Bertz CT molecular complexity index is 751. The monoisotopic (exact) mass is 380 g/mol. The van der Waals surface area contributed by atoms with E-state index in [0.717, 1.165) is 32.1 Å². The topological polar surface area (TPSA) is 122 Å². The molecule has 8 heteroatoms. The number of carbonyl (C=O) groups is 1. The molecule has 0 radical (unpaired) electrons. The van der Waals surface area contributed by atoms with Crippen LogP contribution in [-0.2, 0) is 4.74 Å². The van der Waals surface area contributed by atoms with Crippen molar-refractivity contribution in [3.05, 3.63) is 11.8 Å². The number of hydrogen-bond donors (Lipinski definition) is 4. The van der Waals surface area contributed by atoms with Gasteiger partial charge in [0.2, 0.25) is 5.95 Å². The summed E-state index contributed by atoms with van der Waals surface area (Å²) in [5.41, 5.74) is 4.95. The molecule has 0 saturated heterocycles. The highest BCUT2D eigenvalue weighted by Gasteiger charge is 2.31. The zero-order valence-electron chi connectivity index (χ0n) is 18.7. The summed E-state index contributed by atoms with van der Waals surface area (Å²) < 4.78 is 26.8. The number of methoxy groups -OCH3 is 1. The second kappa shape index (κ2) is 8.39. The third kappa shape index (κ3) is 5.29. The Morgan fingerprint density at radius 3 is 2.78 bits per heavy atom. The molecule has 5 N–H and O–H groups in total. The molecule has 1 amide bonds. The molecular weight excluding hydrogens is 346 g/mol. The molecule has 2 saturated carbocycles. The summed E-state index contributed by atoms with van der Waals surface area (Å²) in [5.74, 6) is 0.126. The Hall–Kier alpha value is -1.93. The Morgan fingerprint density at radius 1 is 1.33 bits per heavy atom. The van der Waals surface area contributed by atoms with E-state index in [1.807, 2.05) is 6.92 Å². The van der Waals surface area contributed by atoms with Crippen molar-refractivity contribution < 1.29 is 18.8 Å². The smallest absolute Gasteiger partial charge is 0.254 e. The molecule has 1 unspecified atom stereocenters. The van der Waals surface area contributed by atoms with E-state index in [-0.39, 0.29) is 23.8 Å². The van der Waals surface area contributed by atoms with Crippen molar-refractivity contribution in [2.75, 3.05) is 17.7 Å². The summed E-state index contributed by atoms with van der Waals surface area (Å²) >= 11 is 0. The van der Waals surface area contributed by atoms with Gasteiger partial charge in [0.25, 0.3) is 5.91 Å². The third-order valence-electron chi connectivity index (χ3n) is 5.52. The van der Waals surface area contributed by atoms with Crippen LogP contribution in [-0.4, -0.2) is 51.8 Å². The first kappa shape index (κ1) is 16.1. The minimum Gasteiger partial charge on any atom is -0.390 e. The summed E-state index contributed by atoms with van der Waals surface area (Å²) in [5, 5.41) is 16.9. The number of anilines is 2. The maximum atomic E-state index is 11.8. The lowest BCUT2D eigenvalue weighted by Crippen LogP contribution is -2.38. The zero-order valence-corrected chi connectivity index (χ0v) is 15.7. The number of primary amides is 1. The molecule has 1 aromatic rings. The number of ether oxygens (including phenoxy) is 1. The molecule has 0 spiro atoms. The van der Waals surface area contributed by atoms with E-state index < -0.39 is 18.5 Å². The first-order chi connectivity index (χ1) is 14.0. The van der Waals surface area contributed by atoms with Gasteiger partial charge in [0.1, 0.15) is 5.82 Å². The quantitative estimate of drug-likeness (QED) is 0.596. The Labute approximate surface area is 164 Å². The average molecular weight is 381 g/mol. The van der Waals surface area contributed by atoms with E-state index in [0.29, 0.717) is 31.0 Å². The number of aliphatic hydroxyl groups is 1. The van der Waals surface area contributed by atoms with Gasteiger partial charge in [0.15, 0.2) is 0 Å². The second-order valence-electron chi connectivity index (χ2n) is 7.99. The molecular formula is C19H31N5O3. The largest absolute Gasteiger partial charge is 0.390 e. The number of aromatic nitrogens is 2. The number of nitrogens with zero attached hydrogens (tertiary/aromatic N) is 2. The Balaban J connectivity index is 1.64. The van der Waals surface area contributed by atoms with E-state index in [1.165, 1.54) is 6.20 Å². The number of amides is 1. The fourth-order valence-electron chi connectivity index (χ4n) is 4.03. The average Bonchev–Trinajstić information content (AvgIpc) is 2.61. The lowest BCUT2D eigenvalue weighted by molar-refractivity contribution is 0.0182. The second-order valence-corrected chi connectivity index (χ2v) is 7.99. The summed E-state index contributed by atoms with van der Waals surface area (Å²) in [6.45, 7) is 1.81. The van der Waals surface area contributed by atoms with Crippen molar-refractivity contribution in [2.24, 2.45) is 5.73 Å². The summed E-state index contributed by atoms with van der Waals surface area (Å²) in [6, 6.07) is 0.0752. The van der Waals surface area contributed by atoms with E-state index in [1.54, 1.807) is 0 Å². The van der Waals surface area contributed by atoms with Gasteiger partial charge in [-0.05, 0) is 58.3 Å². The van der Waals surface area contributed by atoms with Crippen LogP contribution in [0.15, 0.2) is 6.20 Å². The van der Waals surface area contributed by atoms with Crippen molar-refractivity contribution in [2.45, 2.75) is 82.1 Å². The van der Waals surface area contributed by atoms with E-state index in [4.69, 9.17) is 14.6 Å². The predicted octanol–water partition coefficient (Wildman–Crippen LogP) is 2.05. The molecule has 3 rings (SSSR count). The third-order valence-corrected chi connectivity index (χ3v) is 5.52. The van der Waals surface area contributed by atoms with Gasteiger partial charge in [-0.3, -0.25) is 4.79 Å². The van der Waals surface area contributed by atoms with Crippen LogP contribution < -0.4 is 16.4 Å². The molecule has 8 nitrogen and oxygen atoms in total. The van der Waals surface area contributed by atoms with Crippen molar-refractivity contribution in [3.8, 4) is 0 Å². The van der Waals surface area contributed by atoms with Crippen LogP contribution >= 0.6 is 0 Å². The van der Waals surface area contributed by atoms with E-state index in [2.05, 4.69) is 20.6 Å². The molecule has 2 aliphatic carbocycles. The van der Waals surface area contributed by atoms with Crippen LogP contribution in [0.2, 0.25) is 0 Å². The van der Waals surface area contributed by atoms with Crippen LogP contribution in [0.3, 0.4) is 0 Å². The number of rotatable bonds is 6. The van der Waals surface area contributed by atoms with Crippen LogP contribution in [0.4, 0.5) is 11.8 Å². The van der Waals surface area contributed by atoms with Gasteiger partial charge in [0, 0.05) is 25.3 Å². The highest BCUT2D eigenvalue weighted by molar-refractivity contribution is 5.97. The lowest BCUT2D eigenvalue weighted by atomic mass is 9.83. The first-order valence-electron chi connectivity index (χ1n) is 11.1. The van der Waals surface area contributed by atoms with E-state index >= 15 is 0 Å². The minimum absolute atomic E-state index is 0.0120. The van der Waals surface area contributed by atoms with E-state index in [9.17, 15) is 9.90 Å². The van der Waals surface area contributed by atoms with Crippen LogP contribution in [0.25, 0.3) is 0 Å². The number of nitrogens with two attached hydrogens (primary N) is 1. The standard InChI is InChI=1S/C19H31N5O3/c1-19(26)9-3-4-13(10-19)22-17-15(16(20)25)11-21-18(24-17)23-12-5-7-14(27-2)8-6-12/h11-14,26H,3-10H2,1-2H3,(H2,20,25)(H2,21,22,23,24)/t12-,13?,14-,19-/m0/s1/i2D3. The van der Waals surface area contributed by atoms with Crippen LogP contribution in [0, 0.1) is 0 Å². The fraction of sp³-hybridized carbons (Fsp3) is 0.737. The molecule has 0 aliphatic heterocycles. The van der Waals surface area contributed by atoms with Crippen LogP contribution in [0.5, 0.6) is 0 Å². The Morgan fingerprint density at radius 2 is 2.11 bits per heavy atom. The number of nitrogens with one attached hydrogen (secondary N) is 2. The van der Waals surface area contributed by atoms with Crippen molar-refractivity contribution in [1.29, 1.82) is 0 Å². The van der Waals surface area contributed by atoms with Crippen LogP contribution in [0.1, 0.15) is 72.8 Å². The Kier molecular flexibility index (Phi) is 4.99. The van der Waals surface area contributed by atoms with Gasteiger partial charge in [-0.15, -0.1) is 0 Å². The minimum atomic E-state index is -2.37. The summed E-state index contributed by atoms with van der Waals surface area (Å²) in [4.78, 5) is 20.5. The van der Waals surface area contributed by atoms with Crippen molar-refractivity contribution >= 4 is 17.7 Å². The van der Waals surface area contributed by atoms with Gasteiger partial charge in [-0.1, -0.05) is 0 Å². The highest BCUT2D eigenvalue weighted by atomic mass is 16.5.